The molecule has 0 radical (unpaired) electrons. The number of esters is 1. The molecule has 0 aliphatic rings. The van der Waals surface area contributed by atoms with Crippen molar-refractivity contribution in [2.24, 2.45) is 0 Å². The summed E-state index contributed by atoms with van der Waals surface area (Å²) in [6.45, 7) is 8.20. The largest absolute Gasteiger partial charge is 0.465 e. The van der Waals surface area contributed by atoms with E-state index in [0.29, 0.717) is 16.5 Å². The van der Waals surface area contributed by atoms with Crippen LogP contribution in [-0.4, -0.2) is 24.2 Å². The lowest BCUT2D eigenvalue weighted by molar-refractivity contribution is -0.0877. The quantitative estimate of drug-likeness (QED) is 0.460. The predicted octanol–water partition coefficient (Wildman–Crippen LogP) is 5.78. The Morgan fingerprint density at radius 3 is 2.54 bits per heavy atom. The fourth-order valence-electron chi connectivity index (χ4n) is 2.47. The number of fused-ring (bicyclic) bond motifs is 1. The second-order valence-electron chi connectivity index (χ2n) is 5.44. The number of pyridine rings is 1. The van der Waals surface area contributed by atoms with Crippen LogP contribution in [0.5, 0.6) is 0 Å². The van der Waals surface area contributed by atoms with Crippen molar-refractivity contribution in [3.05, 3.63) is 70.4 Å². The number of allylic oxidation sites excluding steroid dienone is 4. The molecule has 0 unspecified atom stereocenters. The van der Waals surface area contributed by atoms with E-state index in [2.05, 4.69) is 34.1 Å². The van der Waals surface area contributed by atoms with Gasteiger partial charge in [-0.3, -0.25) is 0 Å². The summed E-state index contributed by atoms with van der Waals surface area (Å²) >= 11 is 3.33. The van der Waals surface area contributed by atoms with Gasteiger partial charge in [0.2, 0.25) is 0 Å². The van der Waals surface area contributed by atoms with Crippen molar-refractivity contribution in [2.45, 2.75) is 13.1 Å². The zero-order valence-corrected chi connectivity index (χ0v) is 15.7. The molecule has 7 heteroatoms. The molecule has 0 N–H and O–H groups in total. The van der Waals surface area contributed by atoms with Crippen molar-refractivity contribution in [3.8, 4) is 0 Å². The van der Waals surface area contributed by atoms with Gasteiger partial charge in [-0.1, -0.05) is 35.2 Å². The molecule has 2 rings (SSSR count). The van der Waals surface area contributed by atoms with Gasteiger partial charge in [-0.15, -0.1) is 0 Å². The van der Waals surface area contributed by atoms with Crippen LogP contribution in [0.3, 0.4) is 0 Å². The number of hydrogen-bond donors (Lipinski definition) is 0. The molecule has 0 spiro atoms. The van der Waals surface area contributed by atoms with Crippen LogP contribution in [0.1, 0.15) is 21.6 Å². The highest BCUT2D eigenvalue weighted by molar-refractivity contribution is 9.10. The summed E-state index contributed by atoms with van der Waals surface area (Å²) in [4.78, 5) is 16.7. The first-order valence-corrected chi connectivity index (χ1v) is 8.18. The molecule has 136 valence electrons. The Morgan fingerprint density at radius 2 is 2.00 bits per heavy atom. The van der Waals surface area contributed by atoms with E-state index in [4.69, 9.17) is 4.74 Å². The second-order valence-corrected chi connectivity index (χ2v) is 6.36. The smallest absolute Gasteiger partial charge is 0.415 e. The molecule has 0 fully saturated rings. The summed E-state index contributed by atoms with van der Waals surface area (Å²) in [5.41, 5.74) is 0.354. The molecule has 3 nitrogen and oxygen atoms in total. The molecular weight excluding hydrogens is 411 g/mol. The number of carbonyl (C=O) groups excluding carboxylic acids is 1. The van der Waals surface area contributed by atoms with Gasteiger partial charge in [0.05, 0.1) is 23.9 Å². The van der Waals surface area contributed by atoms with Crippen LogP contribution in [0.25, 0.3) is 16.5 Å². The molecule has 0 bridgehead atoms. The summed E-state index contributed by atoms with van der Waals surface area (Å²) in [7, 11) is 1.24. The van der Waals surface area contributed by atoms with E-state index in [1.165, 1.54) is 13.2 Å². The van der Waals surface area contributed by atoms with Gasteiger partial charge < -0.3 is 4.74 Å². The van der Waals surface area contributed by atoms with E-state index >= 15 is 0 Å². The van der Waals surface area contributed by atoms with E-state index in [1.54, 1.807) is 25.1 Å². The van der Waals surface area contributed by atoms with E-state index < -0.39 is 17.7 Å². The fraction of sp³-hybridized carbons (Fsp3) is 0.158. The number of benzene rings is 1. The van der Waals surface area contributed by atoms with Crippen LogP contribution in [0.4, 0.5) is 13.2 Å². The molecule has 26 heavy (non-hydrogen) atoms. The van der Waals surface area contributed by atoms with E-state index in [-0.39, 0.29) is 16.8 Å². The number of aromatic nitrogens is 1. The Kier molecular flexibility index (Phi) is 5.71. The van der Waals surface area contributed by atoms with E-state index in [1.807, 2.05) is 0 Å². The van der Waals surface area contributed by atoms with Crippen molar-refractivity contribution < 1.29 is 22.7 Å². The Balaban J connectivity index is 2.83. The molecule has 0 atom stereocenters. The van der Waals surface area contributed by atoms with Crippen LogP contribution in [0.15, 0.2) is 53.6 Å². The molecule has 0 amide bonds. The lowest BCUT2D eigenvalue weighted by Gasteiger charge is -2.15. The Hall–Kier alpha value is -2.41. The second kappa shape index (κ2) is 7.45. The first kappa shape index (κ1) is 19.9. The fourth-order valence-corrected chi connectivity index (χ4v) is 2.83. The zero-order valence-electron chi connectivity index (χ0n) is 14.1. The number of alkyl halides is 3. The van der Waals surface area contributed by atoms with Crippen molar-refractivity contribution >= 4 is 38.4 Å². The Morgan fingerprint density at radius 1 is 1.35 bits per heavy atom. The van der Waals surface area contributed by atoms with Gasteiger partial charge >= 0.3 is 12.1 Å². The minimum Gasteiger partial charge on any atom is -0.465 e. The number of methoxy groups -OCH3 is 1. The third-order valence-electron chi connectivity index (χ3n) is 3.77. The van der Waals surface area contributed by atoms with Gasteiger partial charge in [0.15, 0.2) is 0 Å². The summed E-state index contributed by atoms with van der Waals surface area (Å²) < 4.78 is 44.1. The highest BCUT2D eigenvalue weighted by atomic mass is 79.9. The highest BCUT2D eigenvalue weighted by Gasteiger charge is 2.31. The zero-order chi connectivity index (χ0) is 19.6. The maximum Gasteiger partial charge on any atom is 0.415 e. The summed E-state index contributed by atoms with van der Waals surface area (Å²) in [6.07, 6.45) is -2.47. The number of hydrogen-bond acceptors (Lipinski definition) is 3. The van der Waals surface area contributed by atoms with Crippen LogP contribution in [0, 0.1) is 6.92 Å². The SMILES string of the molecule is C=C/C(=C\C(=C)C(F)(F)F)c1nc2ccc(Br)cc2c(C(=O)OC)c1C. The Bertz CT molecular complexity index is 946. The highest BCUT2D eigenvalue weighted by Crippen LogP contribution is 2.32. The van der Waals surface area contributed by atoms with E-state index in [9.17, 15) is 18.0 Å². The number of nitrogens with zero attached hydrogens (tertiary/aromatic N) is 1. The number of carbonyl (C=O) groups is 1. The lowest BCUT2D eigenvalue weighted by Crippen LogP contribution is -2.11. The first-order chi connectivity index (χ1) is 12.1. The van der Waals surface area contributed by atoms with Gasteiger partial charge in [-0.2, -0.15) is 13.2 Å². The molecule has 1 aromatic heterocycles. The normalized spacial score (nSPS) is 12.2. The van der Waals surface area contributed by atoms with Gasteiger partial charge in [0.25, 0.3) is 0 Å². The van der Waals surface area contributed by atoms with Gasteiger partial charge in [0.1, 0.15) is 0 Å². The standard InChI is InChI=1S/C19H15BrF3NO2/c1-5-12(8-10(2)19(21,22)23)17-11(3)16(18(25)26-4)14-9-13(20)6-7-15(14)24-17/h5-9H,1-2H2,3-4H3/b12-8+. The van der Waals surface area contributed by atoms with Crippen LogP contribution in [0.2, 0.25) is 0 Å². The minimum absolute atomic E-state index is 0.111. The maximum absolute atomic E-state index is 12.8. The average Bonchev–Trinajstić information content (AvgIpc) is 2.57. The first-order valence-electron chi connectivity index (χ1n) is 7.39. The third kappa shape index (κ3) is 3.88. The van der Waals surface area contributed by atoms with Gasteiger partial charge in [0, 0.05) is 21.0 Å². The molecule has 1 aromatic carbocycles. The van der Waals surface area contributed by atoms with Gasteiger partial charge in [-0.25, -0.2) is 9.78 Å². The van der Waals surface area contributed by atoms with Crippen molar-refractivity contribution in [1.29, 1.82) is 0 Å². The molecule has 0 aliphatic carbocycles. The maximum atomic E-state index is 12.8. The van der Waals surface area contributed by atoms with Gasteiger partial charge in [-0.05, 0) is 36.8 Å². The van der Waals surface area contributed by atoms with Crippen molar-refractivity contribution in [1.82, 2.24) is 4.98 Å². The third-order valence-corrected chi connectivity index (χ3v) is 4.26. The van der Waals surface area contributed by atoms with Crippen molar-refractivity contribution in [2.75, 3.05) is 7.11 Å². The van der Waals surface area contributed by atoms with Crippen LogP contribution in [-0.2, 0) is 4.74 Å². The molecular formula is C19H15BrF3NO2. The molecule has 0 aliphatic heterocycles. The number of halogens is 4. The molecule has 0 saturated carbocycles. The number of ether oxygens (including phenoxy) is 1. The summed E-state index contributed by atoms with van der Waals surface area (Å²) in [6, 6.07) is 5.09. The molecule has 0 saturated heterocycles. The molecule has 2 aromatic rings. The molecule has 1 heterocycles. The Labute approximate surface area is 157 Å². The monoisotopic (exact) mass is 425 g/mol. The van der Waals surface area contributed by atoms with Crippen LogP contribution >= 0.6 is 15.9 Å². The lowest BCUT2D eigenvalue weighted by atomic mass is 9.96. The van der Waals surface area contributed by atoms with Crippen molar-refractivity contribution in [3.63, 3.8) is 0 Å². The van der Waals surface area contributed by atoms with E-state index in [0.717, 1.165) is 10.5 Å². The average molecular weight is 426 g/mol. The topological polar surface area (TPSA) is 39.2 Å². The number of rotatable bonds is 4. The summed E-state index contributed by atoms with van der Waals surface area (Å²) in [5, 5.41) is 0.533. The predicted molar refractivity (Wildman–Crippen MR) is 98.9 cm³/mol. The van der Waals surface area contributed by atoms with Crippen LogP contribution < -0.4 is 0 Å². The summed E-state index contributed by atoms with van der Waals surface area (Å²) in [5.74, 6) is -0.604. The minimum atomic E-state index is -4.57.